The molecule has 0 bridgehead atoms. The van der Waals surface area contributed by atoms with Crippen LogP contribution in [0.15, 0.2) is 34.9 Å². The Hall–Kier alpha value is -1.17. The molecule has 1 fully saturated rings. The molecule has 6 heteroatoms. The number of hydrogen-bond donors (Lipinski definition) is 0. The van der Waals surface area contributed by atoms with Crippen molar-refractivity contribution in [2.45, 2.75) is 25.1 Å². The van der Waals surface area contributed by atoms with E-state index in [9.17, 15) is 4.21 Å². The summed E-state index contributed by atoms with van der Waals surface area (Å²) in [5.41, 5.74) is 0.961. The maximum Gasteiger partial charge on any atom is 0.209 e. The average molecular weight is 339 g/mol. The maximum absolute atomic E-state index is 12.0. The van der Waals surface area contributed by atoms with Crippen LogP contribution in [-0.2, 0) is 17.3 Å². The Kier molecular flexibility index (Phi) is 4.39. The van der Waals surface area contributed by atoms with Crippen molar-refractivity contribution in [1.82, 2.24) is 9.88 Å². The fourth-order valence-electron chi connectivity index (χ4n) is 2.64. The zero-order valence-corrected chi connectivity index (χ0v) is 14.3. The fourth-order valence-corrected chi connectivity index (χ4v) is 4.06. The Balaban J connectivity index is 1.70. The van der Waals surface area contributed by atoms with Crippen LogP contribution in [0.4, 0.5) is 0 Å². The van der Waals surface area contributed by atoms with Crippen LogP contribution in [0.5, 0.6) is 0 Å². The summed E-state index contributed by atoms with van der Waals surface area (Å²) >= 11 is 5.89. The van der Waals surface area contributed by atoms with Gasteiger partial charge in [0.25, 0.3) is 0 Å². The van der Waals surface area contributed by atoms with Gasteiger partial charge >= 0.3 is 0 Å². The minimum absolute atomic E-state index is 0.177. The molecule has 0 amide bonds. The first kappa shape index (κ1) is 15.7. The first-order valence-electron chi connectivity index (χ1n) is 7.25. The highest BCUT2D eigenvalue weighted by atomic mass is 35.5. The lowest BCUT2D eigenvalue weighted by molar-refractivity contribution is 0.225. The lowest BCUT2D eigenvalue weighted by atomic mass is 10.2. The summed E-state index contributed by atoms with van der Waals surface area (Å²) in [7, 11) is -0.761. The van der Waals surface area contributed by atoms with Crippen LogP contribution in [0.2, 0.25) is 5.02 Å². The van der Waals surface area contributed by atoms with Crippen molar-refractivity contribution in [3.05, 3.63) is 41.4 Å². The van der Waals surface area contributed by atoms with Crippen molar-refractivity contribution in [3.63, 3.8) is 0 Å². The third kappa shape index (κ3) is 3.42. The number of oxazole rings is 1. The van der Waals surface area contributed by atoms with Gasteiger partial charge in [0.1, 0.15) is 0 Å². The number of halogens is 1. The van der Waals surface area contributed by atoms with Gasteiger partial charge in [-0.25, -0.2) is 4.98 Å². The highest BCUT2D eigenvalue weighted by Gasteiger charge is 2.33. The summed E-state index contributed by atoms with van der Waals surface area (Å²) in [6.07, 6.45) is 1.74. The predicted octanol–water partition coefficient (Wildman–Crippen LogP) is 3.34. The number of benzene rings is 1. The molecule has 0 unspecified atom stereocenters. The van der Waals surface area contributed by atoms with E-state index in [2.05, 4.69) is 9.88 Å². The molecule has 0 spiro atoms. The second kappa shape index (κ2) is 6.14. The van der Waals surface area contributed by atoms with E-state index < -0.39 is 10.8 Å². The molecule has 0 radical (unpaired) electrons. The number of aromatic nitrogens is 1. The van der Waals surface area contributed by atoms with Gasteiger partial charge in [-0.05, 0) is 38.1 Å². The topological polar surface area (TPSA) is 46.3 Å². The van der Waals surface area contributed by atoms with Gasteiger partial charge in [0.2, 0.25) is 5.89 Å². The molecule has 4 nitrogen and oxygen atoms in total. The molecule has 1 aromatic heterocycles. The first-order chi connectivity index (χ1) is 10.4. The van der Waals surface area contributed by atoms with Crippen molar-refractivity contribution < 1.29 is 8.63 Å². The SMILES string of the molecule is CC1(C)CN(Cc2ncc(-c3ccc(Cl)cc3)o2)CC[S@@]1=O. The quantitative estimate of drug-likeness (QED) is 0.861. The van der Waals surface area contributed by atoms with Gasteiger partial charge < -0.3 is 4.42 Å². The van der Waals surface area contributed by atoms with Crippen molar-refractivity contribution in [3.8, 4) is 11.3 Å². The molecule has 22 heavy (non-hydrogen) atoms. The summed E-state index contributed by atoms with van der Waals surface area (Å²) in [6, 6.07) is 7.50. The Morgan fingerprint density at radius 1 is 1.36 bits per heavy atom. The molecular formula is C16H19ClN2O2S. The van der Waals surface area contributed by atoms with Gasteiger partial charge in [0.15, 0.2) is 5.76 Å². The van der Waals surface area contributed by atoms with Gasteiger partial charge in [-0.1, -0.05) is 11.6 Å². The molecule has 1 aliphatic rings. The summed E-state index contributed by atoms with van der Waals surface area (Å²) in [4.78, 5) is 6.61. The molecule has 3 rings (SSSR count). The summed E-state index contributed by atoms with van der Waals surface area (Å²) < 4.78 is 17.6. The Morgan fingerprint density at radius 2 is 2.09 bits per heavy atom. The molecular weight excluding hydrogens is 320 g/mol. The summed E-state index contributed by atoms with van der Waals surface area (Å²) in [5.74, 6) is 2.14. The Labute approximate surface area is 137 Å². The molecule has 0 N–H and O–H groups in total. The van der Waals surface area contributed by atoms with E-state index in [1.54, 1.807) is 6.20 Å². The van der Waals surface area contributed by atoms with Crippen LogP contribution in [0.25, 0.3) is 11.3 Å². The highest BCUT2D eigenvalue weighted by molar-refractivity contribution is 7.86. The smallest absolute Gasteiger partial charge is 0.209 e. The standard InChI is InChI=1S/C16H19ClN2O2S/c1-16(2)11-19(7-8-22(16)20)10-15-18-9-14(21-15)12-3-5-13(17)6-4-12/h3-6,9H,7-8,10-11H2,1-2H3/t22-/m0/s1. The van der Waals surface area contributed by atoms with Crippen molar-refractivity contribution in [2.75, 3.05) is 18.8 Å². The zero-order valence-electron chi connectivity index (χ0n) is 12.7. The van der Waals surface area contributed by atoms with Crippen molar-refractivity contribution in [1.29, 1.82) is 0 Å². The van der Waals surface area contributed by atoms with E-state index in [0.717, 1.165) is 24.4 Å². The summed E-state index contributed by atoms with van der Waals surface area (Å²) in [5, 5.41) is 0.701. The minimum Gasteiger partial charge on any atom is -0.439 e. The van der Waals surface area contributed by atoms with Crippen LogP contribution < -0.4 is 0 Å². The van der Waals surface area contributed by atoms with E-state index in [-0.39, 0.29) is 4.75 Å². The van der Waals surface area contributed by atoms with Gasteiger partial charge in [0, 0.05) is 40.2 Å². The van der Waals surface area contributed by atoms with Gasteiger partial charge in [-0.15, -0.1) is 0 Å². The molecule has 1 aromatic carbocycles. The molecule has 1 atom stereocenters. The molecule has 1 saturated heterocycles. The van der Waals surface area contributed by atoms with Crippen molar-refractivity contribution >= 4 is 22.4 Å². The summed E-state index contributed by atoms with van der Waals surface area (Å²) in [6.45, 7) is 6.34. The third-order valence-corrected chi connectivity index (χ3v) is 6.02. The lowest BCUT2D eigenvalue weighted by Crippen LogP contribution is -2.49. The Bertz CT molecular complexity index is 682. The zero-order chi connectivity index (χ0) is 15.7. The third-order valence-electron chi connectivity index (χ3n) is 3.85. The van der Waals surface area contributed by atoms with Crippen molar-refractivity contribution in [2.24, 2.45) is 0 Å². The van der Waals surface area contributed by atoms with Crippen LogP contribution >= 0.6 is 11.6 Å². The molecule has 2 aromatic rings. The highest BCUT2D eigenvalue weighted by Crippen LogP contribution is 2.25. The average Bonchev–Trinajstić information content (AvgIpc) is 2.92. The molecule has 0 aliphatic carbocycles. The monoisotopic (exact) mass is 338 g/mol. The largest absolute Gasteiger partial charge is 0.439 e. The second-order valence-corrected chi connectivity index (χ2v) is 8.79. The van der Waals surface area contributed by atoms with E-state index in [4.69, 9.17) is 16.0 Å². The van der Waals surface area contributed by atoms with E-state index in [0.29, 0.717) is 23.2 Å². The number of rotatable bonds is 3. The molecule has 118 valence electrons. The van der Waals surface area contributed by atoms with Gasteiger partial charge in [0.05, 0.1) is 17.5 Å². The molecule has 0 saturated carbocycles. The number of hydrogen-bond acceptors (Lipinski definition) is 4. The van der Waals surface area contributed by atoms with E-state index in [1.165, 1.54) is 0 Å². The van der Waals surface area contributed by atoms with Gasteiger partial charge in [-0.2, -0.15) is 0 Å². The van der Waals surface area contributed by atoms with Crippen LogP contribution in [0.3, 0.4) is 0 Å². The van der Waals surface area contributed by atoms with E-state index in [1.807, 2.05) is 38.1 Å². The molecule has 1 aliphatic heterocycles. The minimum atomic E-state index is -0.761. The van der Waals surface area contributed by atoms with Crippen LogP contribution in [0.1, 0.15) is 19.7 Å². The number of nitrogens with zero attached hydrogens (tertiary/aromatic N) is 2. The first-order valence-corrected chi connectivity index (χ1v) is 8.95. The lowest BCUT2D eigenvalue weighted by Gasteiger charge is -2.36. The van der Waals surface area contributed by atoms with Gasteiger partial charge in [-0.3, -0.25) is 9.11 Å². The maximum atomic E-state index is 12.0. The van der Waals surface area contributed by atoms with Crippen LogP contribution in [-0.4, -0.2) is 37.7 Å². The second-order valence-electron chi connectivity index (χ2n) is 6.15. The predicted molar refractivity (Wildman–Crippen MR) is 89.3 cm³/mol. The Morgan fingerprint density at radius 3 is 2.77 bits per heavy atom. The van der Waals surface area contributed by atoms with E-state index >= 15 is 0 Å². The fraction of sp³-hybridized carbons (Fsp3) is 0.438. The normalized spacial score (nSPS) is 21.9. The van der Waals surface area contributed by atoms with Crippen LogP contribution in [0, 0.1) is 0 Å². The molecule has 2 heterocycles.